The fraction of sp³-hybridized carbons (Fsp3) is 0.375. The second kappa shape index (κ2) is 7.47. The van der Waals surface area contributed by atoms with Crippen molar-refractivity contribution in [2.75, 3.05) is 0 Å². The molecule has 22 heavy (non-hydrogen) atoms. The lowest BCUT2D eigenvalue weighted by molar-refractivity contribution is -0.121. The molecule has 1 heterocycles. The lowest BCUT2D eigenvalue weighted by Gasteiger charge is -2.20. The highest BCUT2D eigenvalue weighted by molar-refractivity contribution is 7.09. The molecule has 0 spiro atoms. The third kappa shape index (κ3) is 4.35. The Morgan fingerprint density at radius 1 is 1.41 bits per heavy atom. The molecule has 0 unspecified atom stereocenters. The van der Waals surface area contributed by atoms with E-state index in [0.29, 0.717) is 5.56 Å². The minimum atomic E-state index is -0.883. The number of aromatic nitrogens is 1. The average molecular weight is 322 g/mol. The zero-order valence-electron chi connectivity index (χ0n) is 12.5. The SMILES string of the molecule is CCc1nc(CC(=O)N[C@H](C)[C@H](O)c2ccc(F)cc2)cs1. The largest absolute Gasteiger partial charge is 0.386 e. The van der Waals surface area contributed by atoms with E-state index in [1.165, 1.54) is 35.6 Å². The van der Waals surface area contributed by atoms with Gasteiger partial charge in [-0.1, -0.05) is 19.1 Å². The van der Waals surface area contributed by atoms with Gasteiger partial charge in [-0.15, -0.1) is 11.3 Å². The van der Waals surface area contributed by atoms with E-state index < -0.39 is 12.1 Å². The van der Waals surface area contributed by atoms with E-state index in [4.69, 9.17) is 0 Å². The number of hydrogen-bond acceptors (Lipinski definition) is 4. The summed E-state index contributed by atoms with van der Waals surface area (Å²) in [6, 6.07) is 5.12. The first-order chi connectivity index (χ1) is 10.5. The van der Waals surface area contributed by atoms with E-state index in [-0.39, 0.29) is 18.1 Å². The second-order valence-corrected chi connectivity index (χ2v) is 6.06. The Morgan fingerprint density at radius 3 is 2.68 bits per heavy atom. The van der Waals surface area contributed by atoms with Crippen molar-refractivity contribution in [2.45, 2.75) is 38.8 Å². The summed E-state index contributed by atoms with van der Waals surface area (Å²) in [5.41, 5.74) is 1.30. The molecule has 0 saturated carbocycles. The molecule has 0 aliphatic carbocycles. The van der Waals surface area contributed by atoms with Gasteiger partial charge in [0.05, 0.1) is 29.3 Å². The van der Waals surface area contributed by atoms with Crippen molar-refractivity contribution in [1.29, 1.82) is 0 Å². The minimum absolute atomic E-state index is 0.191. The molecule has 1 aromatic heterocycles. The van der Waals surface area contributed by atoms with E-state index in [2.05, 4.69) is 10.3 Å². The Morgan fingerprint density at radius 2 is 2.09 bits per heavy atom. The van der Waals surface area contributed by atoms with Crippen molar-refractivity contribution in [3.8, 4) is 0 Å². The number of carbonyl (C=O) groups excluding carboxylic acids is 1. The molecule has 1 aromatic carbocycles. The highest BCUT2D eigenvalue weighted by Gasteiger charge is 2.19. The molecule has 118 valence electrons. The molecule has 0 aliphatic heterocycles. The number of aliphatic hydroxyl groups is 1. The quantitative estimate of drug-likeness (QED) is 0.859. The summed E-state index contributed by atoms with van der Waals surface area (Å²) in [6.45, 7) is 3.73. The first kappa shape index (κ1) is 16.6. The number of amides is 1. The molecule has 2 atom stereocenters. The lowest BCUT2D eigenvalue weighted by Crippen LogP contribution is -2.38. The Kier molecular flexibility index (Phi) is 5.63. The lowest BCUT2D eigenvalue weighted by atomic mass is 10.0. The maximum absolute atomic E-state index is 12.9. The molecule has 0 bridgehead atoms. The highest BCUT2D eigenvalue weighted by atomic mass is 32.1. The minimum Gasteiger partial charge on any atom is -0.386 e. The first-order valence-corrected chi connectivity index (χ1v) is 8.03. The monoisotopic (exact) mass is 322 g/mol. The predicted molar refractivity (Wildman–Crippen MR) is 84.2 cm³/mol. The number of benzene rings is 1. The van der Waals surface area contributed by atoms with Gasteiger partial charge in [-0.25, -0.2) is 9.37 Å². The molecule has 0 radical (unpaired) electrons. The fourth-order valence-electron chi connectivity index (χ4n) is 2.09. The number of nitrogens with zero attached hydrogens (tertiary/aromatic N) is 1. The third-order valence-corrected chi connectivity index (χ3v) is 4.36. The zero-order valence-corrected chi connectivity index (χ0v) is 13.4. The van der Waals surface area contributed by atoms with Gasteiger partial charge in [0.1, 0.15) is 5.82 Å². The highest BCUT2D eigenvalue weighted by Crippen LogP contribution is 2.17. The zero-order chi connectivity index (χ0) is 16.1. The summed E-state index contributed by atoms with van der Waals surface area (Å²) in [5.74, 6) is -0.551. The summed E-state index contributed by atoms with van der Waals surface area (Å²) in [6.07, 6.45) is 0.161. The second-order valence-electron chi connectivity index (χ2n) is 5.12. The van der Waals surface area contributed by atoms with Crippen LogP contribution in [0, 0.1) is 5.82 Å². The predicted octanol–water partition coefficient (Wildman–Crippen LogP) is 2.63. The molecule has 0 saturated heterocycles. The number of aliphatic hydroxyl groups excluding tert-OH is 1. The fourth-order valence-corrected chi connectivity index (χ4v) is 2.83. The van der Waals surface area contributed by atoms with Gasteiger partial charge < -0.3 is 10.4 Å². The van der Waals surface area contributed by atoms with Gasteiger partial charge >= 0.3 is 0 Å². The molecule has 0 fully saturated rings. The van der Waals surface area contributed by atoms with Crippen LogP contribution >= 0.6 is 11.3 Å². The van der Waals surface area contributed by atoms with Crippen LogP contribution in [-0.4, -0.2) is 22.0 Å². The number of carbonyl (C=O) groups is 1. The molecule has 1 amide bonds. The molecule has 0 aliphatic rings. The van der Waals surface area contributed by atoms with Crippen LogP contribution in [0.4, 0.5) is 4.39 Å². The number of rotatable bonds is 6. The summed E-state index contributed by atoms with van der Waals surface area (Å²) < 4.78 is 12.9. The van der Waals surface area contributed by atoms with Crippen molar-refractivity contribution in [1.82, 2.24) is 10.3 Å². The number of nitrogens with one attached hydrogen (secondary N) is 1. The molecule has 2 N–H and O–H groups in total. The average Bonchev–Trinajstić information content (AvgIpc) is 2.94. The first-order valence-electron chi connectivity index (χ1n) is 7.15. The van der Waals surface area contributed by atoms with Gasteiger partial charge in [0.15, 0.2) is 0 Å². The van der Waals surface area contributed by atoms with Crippen LogP contribution < -0.4 is 5.32 Å². The maximum Gasteiger partial charge on any atom is 0.226 e. The number of halogens is 1. The van der Waals surface area contributed by atoms with Crippen LogP contribution in [0.1, 0.15) is 36.2 Å². The van der Waals surface area contributed by atoms with Crippen LogP contribution in [0.3, 0.4) is 0 Å². The Balaban J connectivity index is 1.91. The Bertz CT molecular complexity index is 627. The van der Waals surface area contributed by atoms with Crippen molar-refractivity contribution < 1.29 is 14.3 Å². The van der Waals surface area contributed by atoms with Crippen LogP contribution in [-0.2, 0) is 17.6 Å². The van der Waals surface area contributed by atoms with Crippen LogP contribution in [0.25, 0.3) is 0 Å². The van der Waals surface area contributed by atoms with E-state index in [0.717, 1.165) is 17.1 Å². The summed E-state index contributed by atoms with van der Waals surface area (Å²) >= 11 is 1.54. The maximum atomic E-state index is 12.9. The van der Waals surface area contributed by atoms with Crippen LogP contribution in [0.15, 0.2) is 29.6 Å². The number of hydrogen-bond donors (Lipinski definition) is 2. The van der Waals surface area contributed by atoms with Gasteiger partial charge in [-0.05, 0) is 31.0 Å². The Labute approximate surface area is 133 Å². The van der Waals surface area contributed by atoms with Crippen LogP contribution in [0.5, 0.6) is 0 Å². The molecule has 6 heteroatoms. The standard InChI is InChI=1S/C16H19FN2O2S/c1-3-15-19-13(9-22-15)8-14(20)18-10(2)16(21)11-4-6-12(17)7-5-11/h4-7,9-10,16,21H,3,8H2,1-2H3,(H,18,20)/t10-,16+/m1/s1. The summed E-state index contributed by atoms with van der Waals surface area (Å²) in [7, 11) is 0. The van der Waals surface area contributed by atoms with E-state index in [1.807, 2.05) is 12.3 Å². The molecule has 4 nitrogen and oxygen atoms in total. The smallest absolute Gasteiger partial charge is 0.226 e. The molecular formula is C16H19FN2O2S. The van der Waals surface area contributed by atoms with Gasteiger partial charge in [0.25, 0.3) is 0 Å². The van der Waals surface area contributed by atoms with E-state index in [1.54, 1.807) is 6.92 Å². The van der Waals surface area contributed by atoms with Crippen molar-refractivity contribution in [3.63, 3.8) is 0 Å². The van der Waals surface area contributed by atoms with Gasteiger partial charge in [-0.3, -0.25) is 4.79 Å². The van der Waals surface area contributed by atoms with Crippen LogP contribution in [0.2, 0.25) is 0 Å². The number of aryl methyl sites for hydroxylation is 1. The summed E-state index contributed by atoms with van der Waals surface area (Å²) in [5, 5.41) is 15.8. The van der Waals surface area contributed by atoms with E-state index >= 15 is 0 Å². The van der Waals surface area contributed by atoms with Gasteiger partial charge in [-0.2, -0.15) is 0 Å². The van der Waals surface area contributed by atoms with Crippen molar-refractivity contribution >= 4 is 17.2 Å². The number of thiazole rings is 1. The van der Waals surface area contributed by atoms with Crippen molar-refractivity contribution in [3.05, 3.63) is 51.7 Å². The topological polar surface area (TPSA) is 62.2 Å². The molecule has 2 rings (SSSR count). The molecular weight excluding hydrogens is 303 g/mol. The van der Waals surface area contributed by atoms with Gasteiger partial charge in [0.2, 0.25) is 5.91 Å². The van der Waals surface area contributed by atoms with Crippen molar-refractivity contribution in [2.24, 2.45) is 0 Å². The van der Waals surface area contributed by atoms with Gasteiger partial charge in [0, 0.05) is 5.38 Å². The molecule has 2 aromatic rings. The third-order valence-electron chi connectivity index (χ3n) is 3.32. The summed E-state index contributed by atoms with van der Waals surface area (Å²) in [4.78, 5) is 16.3. The Hall–Kier alpha value is -1.79. The normalized spacial score (nSPS) is 13.6. The van der Waals surface area contributed by atoms with E-state index in [9.17, 15) is 14.3 Å².